The second kappa shape index (κ2) is 8.24. The van der Waals surface area contributed by atoms with Crippen molar-refractivity contribution >= 4 is 6.08 Å². The van der Waals surface area contributed by atoms with Crippen LogP contribution in [0.1, 0.15) is 24.0 Å². The normalized spacial score (nSPS) is 23.9. The molecule has 0 heterocycles. The Labute approximate surface area is 161 Å². The Morgan fingerprint density at radius 3 is 2.70 bits per heavy atom. The molecule has 0 aromatic heterocycles. The molecule has 1 saturated carbocycles. The number of benzene rings is 2. The zero-order chi connectivity index (χ0) is 19.4. The van der Waals surface area contributed by atoms with Crippen LogP contribution in [0.3, 0.4) is 0 Å². The molecule has 0 spiro atoms. The molecule has 1 fully saturated rings. The number of ether oxygens (including phenoxy) is 1. The standard InChI is InChI=1S/C23H28FNO2/c1-25(2)16-20-11-10-19(12-17-6-5-9-22(14-17)27-3)23(20,26)15-18-7-4-8-21(24)13-18/h4-9,12-14,20,26H,10-11,15-16H2,1-3H3/b19-12+. The van der Waals surface area contributed by atoms with Gasteiger partial charge in [-0.2, -0.15) is 0 Å². The van der Waals surface area contributed by atoms with E-state index in [1.54, 1.807) is 13.2 Å². The maximum Gasteiger partial charge on any atom is 0.123 e. The molecule has 1 aliphatic rings. The van der Waals surface area contributed by atoms with E-state index in [1.807, 2.05) is 44.4 Å². The Hall–Kier alpha value is -2.17. The summed E-state index contributed by atoms with van der Waals surface area (Å²) in [4.78, 5) is 2.11. The van der Waals surface area contributed by atoms with Crippen molar-refractivity contribution in [2.24, 2.45) is 5.92 Å². The van der Waals surface area contributed by atoms with Crippen molar-refractivity contribution in [1.29, 1.82) is 0 Å². The molecule has 0 saturated heterocycles. The first kappa shape index (κ1) is 19.6. The molecule has 2 aromatic rings. The highest BCUT2D eigenvalue weighted by atomic mass is 19.1. The summed E-state index contributed by atoms with van der Waals surface area (Å²) in [7, 11) is 5.69. The van der Waals surface area contributed by atoms with Crippen molar-refractivity contribution in [1.82, 2.24) is 4.90 Å². The third-order valence-electron chi connectivity index (χ3n) is 5.38. The number of methoxy groups -OCH3 is 1. The number of rotatable bonds is 6. The molecule has 0 bridgehead atoms. The van der Waals surface area contributed by atoms with Crippen molar-refractivity contribution in [3.05, 3.63) is 71.0 Å². The van der Waals surface area contributed by atoms with Crippen molar-refractivity contribution < 1.29 is 14.2 Å². The van der Waals surface area contributed by atoms with Gasteiger partial charge in [-0.15, -0.1) is 0 Å². The monoisotopic (exact) mass is 369 g/mol. The molecule has 1 aliphatic carbocycles. The first-order valence-electron chi connectivity index (χ1n) is 9.37. The van der Waals surface area contributed by atoms with Crippen molar-refractivity contribution in [3.63, 3.8) is 0 Å². The SMILES string of the molecule is COc1cccc(/C=C2\CCC(CN(C)C)C2(O)Cc2cccc(F)c2)c1. The van der Waals surface area contributed by atoms with Crippen LogP contribution in [0, 0.1) is 11.7 Å². The summed E-state index contributed by atoms with van der Waals surface area (Å²) in [5, 5.41) is 11.7. The third kappa shape index (κ3) is 4.57. The molecular weight excluding hydrogens is 341 g/mol. The lowest BCUT2D eigenvalue weighted by atomic mass is 9.81. The Balaban J connectivity index is 1.96. The molecule has 0 aliphatic heterocycles. The quantitative estimate of drug-likeness (QED) is 0.830. The van der Waals surface area contributed by atoms with E-state index in [2.05, 4.69) is 11.0 Å². The molecule has 4 heteroatoms. The van der Waals surface area contributed by atoms with Crippen LogP contribution in [0.5, 0.6) is 5.75 Å². The Morgan fingerprint density at radius 1 is 1.22 bits per heavy atom. The molecule has 3 rings (SSSR count). The second-order valence-electron chi connectivity index (χ2n) is 7.67. The molecule has 0 amide bonds. The smallest absolute Gasteiger partial charge is 0.123 e. The first-order valence-corrected chi connectivity index (χ1v) is 9.37. The second-order valence-corrected chi connectivity index (χ2v) is 7.67. The zero-order valence-corrected chi connectivity index (χ0v) is 16.3. The number of hydrogen-bond donors (Lipinski definition) is 1. The van der Waals surface area contributed by atoms with Crippen molar-refractivity contribution in [3.8, 4) is 5.75 Å². The maximum atomic E-state index is 13.7. The van der Waals surface area contributed by atoms with Crippen LogP contribution in [-0.4, -0.2) is 43.4 Å². The van der Waals surface area contributed by atoms with Crippen molar-refractivity contribution in [2.75, 3.05) is 27.7 Å². The Bertz CT molecular complexity index is 818. The molecule has 27 heavy (non-hydrogen) atoms. The van der Waals surface area contributed by atoms with Gasteiger partial charge in [0.2, 0.25) is 0 Å². The fraction of sp³-hybridized carbons (Fsp3) is 0.391. The summed E-state index contributed by atoms with van der Waals surface area (Å²) >= 11 is 0. The van der Waals surface area contributed by atoms with E-state index in [0.717, 1.165) is 41.8 Å². The number of halogens is 1. The van der Waals surface area contributed by atoms with Gasteiger partial charge in [-0.25, -0.2) is 4.39 Å². The van der Waals surface area contributed by atoms with Crippen LogP contribution in [0.25, 0.3) is 6.08 Å². The zero-order valence-electron chi connectivity index (χ0n) is 16.3. The summed E-state index contributed by atoms with van der Waals surface area (Å²) in [6.07, 6.45) is 4.23. The van der Waals surface area contributed by atoms with E-state index in [4.69, 9.17) is 4.74 Å². The molecule has 2 atom stereocenters. The van der Waals surface area contributed by atoms with E-state index >= 15 is 0 Å². The van der Waals surface area contributed by atoms with E-state index in [1.165, 1.54) is 12.1 Å². The summed E-state index contributed by atoms with van der Waals surface area (Å²) in [6.45, 7) is 0.793. The van der Waals surface area contributed by atoms with E-state index in [-0.39, 0.29) is 11.7 Å². The lowest BCUT2D eigenvalue weighted by Crippen LogP contribution is -2.42. The Kier molecular flexibility index (Phi) is 5.98. The third-order valence-corrected chi connectivity index (χ3v) is 5.38. The highest BCUT2D eigenvalue weighted by Crippen LogP contribution is 2.44. The van der Waals surface area contributed by atoms with Gasteiger partial charge in [0.05, 0.1) is 12.7 Å². The first-order chi connectivity index (χ1) is 12.9. The predicted octanol–water partition coefficient (Wildman–Crippen LogP) is 4.16. The van der Waals surface area contributed by atoms with Gasteiger partial charge >= 0.3 is 0 Å². The van der Waals surface area contributed by atoms with Gasteiger partial charge in [-0.1, -0.05) is 30.3 Å². The van der Waals surface area contributed by atoms with E-state index in [0.29, 0.717) is 6.42 Å². The lowest BCUT2D eigenvalue weighted by Gasteiger charge is -2.33. The van der Waals surface area contributed by atoms with Crippen molar-refractivity contribution in [2.45, 2.75) is 24.9 Å². The topological polar surface area (TPSA) is 32.7 Å². The van der Waals surface area contributed by atoms with Gasteiger partial charge in [0.15, 0.2) is 0 Å². The minimum atomic E-state index is -0.985. The largest absolute Gasteiger partial charge is 0.497 e. The average molecular weight is 369 g/mol. The van der Waals surface area contributed by atoms with Gasteiger partial charge in [0.25, 0.3) is 0 Å². The highest BCUT2D eigenvalue weighted by molar-refractivity contribution is 5.58. The van der Waals surface area contributed by atoms with E-state index in [9.17, 15) is 9.50 Å². The summed E-state index contributed by atoms with van der Waals surface area (Å²) < 4.78 is 19.0. The van der Waals surface area contributed by atoms with Crippen LogP contribution in [0.4, 0.5) is 4.39 Å². The molecule has 3 nitrogen and oxygen atoms in total. The number of hydrogen-bond acceptors (Lipinski definition) is 3. The molecule has 144 valence electrons. The fourth-order valence-electron chi connectivity index (χ4n) is 4.08. The van der Waals surface area contributed by atoms with Crippen LogP contribution >= 0.6 is 0 Å². The van der Waals surface area contributed by atoms with Gasteiger partial charge in [0.1, 0.15) is 11.6 Å². The fourth-order valence-corrected chi connectivity index (χ4v) is 4.08. The predicted molar refractivity (Wildman–Crippen MR) is 107 cm³/mol. The minimum Gasteiger partial charge on any atom is -0.497 e. The van der Waals surface area contributed by atoms with Crippen LogP contribution < -0.4 is 4.74 Å². The Morgan fingerprint density at radius 2 is 2.00 bits per heavy atom. The number of aliphatic hydroxyl groups is 1. The summed E-state index contributed by atoms with van der Waals surface area (Å²) in [5.74, 6) is 0.630. The molecule has 2 aromatic carbocycles. The highest BCUT2D eigenvalue weighted by Gasteiger charge is 2.45. The number of nitrogens with zero attached hydrogens (tertiary/aromatic N) is 1. The van der Waals surface area contributed by atoms with Crippen LogP contribution in [0.15, 0.2) is 54.1 Å². The summed E-state index contributed by atoms with van der Waals surface area (Å²) in [5.41, 5.74) is 1.85. The van der Waals surface area contributed by atoms with Gasteiger partial charge < -0.3 is 14.7 Å². The lowest BCUT2D eigenvalue weighted by molar-refractivity contribution is 0.0256. The molecule has 0 radical (unpaired) electrons. The molecule has 1 N–H and O–H groups in total. The maximum absolute atomic E-state index is 13.7. The average Bonchev–Trinajstić information content (AvgIpc) is 2.90. The van der Waals surface area contributed by atoms with Crippen LogP contribution in [-0.2, 0) is 6.42 Å². The van der Waals surface area contributed by atoms with Crippen LogP contribution in [0.2, 0.25) is 0 Å². The van der Waals surface area contributed by atoms with Gasteiger partial charge in [-0.05, 0) is 67.9 Å². The van der Waals surface area contributed by atoms with E-state index < -0.39 is 5.60 Å². The van der Waals surface area contributed by atoms with Gasteiger partial charge in [-0.3, -0.25) is 0 Å². The minimum absolute atomic E-state index is 0.104. The van der Waals surface area contributed by atoms with Gasteiger partial charge in [0, 0.05) is 18.9 Å². The summed E-state index contributed by atoms with van der Waals surface area (Å²) in [6, 6.07) is 14.4. The molecule has 2 unspecified atom stereocenters. The molecular formula is C23H28FNO2.